The van der Waals surface area contributed by atoms with Crippen LogP contribution in [-0.2, 0) is 11.2 Å². The third-order valence-electron chi connectivity index (χ3n) is 5.58. The number of aromatic nitrogens is 3. The maximum absolute atomic E-state index is 13.4. The highest BCUT2D eigenvalue weighted by atomic mass is 19.1. The Morgan fingerprint density at radius 1 is 1.23 bits per heavy atom. The van der Waals surface area contributed by atoms with E-state index >= 15 is 0 Å². The molecule has 160 valence electrons. The van der Waals surface area contributed by atoms with E-state index < -0.39 is 0 Å². The minimum atomic E-state index is -0.191. The molecule has 0 aliphatic carbocycles. The van der Waals surface area contributed by atoms with Gasteiger partial charge in [0.1, 0.15) is 17.5 Å². The number of carbonyl (C=O) groups excluding carboxylic acids is 1. The van der Waals surface area contributed by atoms with Crippen molar-refractivity contribution in [2.75, 3.05) is 11.9 Å². The van der Waals surface area contributed by atoms with Gasteiger partial charge >= 0.3 is 0 Å². The third-order valence-corrected chi connectivity index (χ3v) is 5.58. The van der Waals surface area contributed by atoms with Crippen LogP contribution in [0.4, 0.5) is 16.0 Å². The summed E-state index contributed by atoms with van der Waals surface area (Å²) in [5, 5.41) is 3.16. The van der Waals surface area contributed by atoms with Crippen LogP contribution in [0.25, 0.3) is 0 Å². The summed E-state index contributed by atoms with van der Waals surface area (Å²) >= 11 is 0. The summed E-state index contributed by atoms with van der Waals surface area (Å²) in [7, 11) is 0. The van der Waals surface area contributed by atoms with Crippen LogP contribution in [0.3, 0.4) is 0 Å². The highest BCUT2D eigenvalue weighted by Crippen LogP contribution is 2.32. The van der Waals surface area contributed by atoms with E-state index in [1.807, 2.05) is 29.2 Å². The Labute approximate surface area is 181 Å². The standard InChI is InChI=1S/C24H26FN5O/c1-17-15-18(10-11-19(17)25)5-2-9-24(31)30-14-4-7-21(30)20-6-3-8-22(28-20)29-23-16-26-12-13-27-23/h3,6,8,10-13,15-16,21H,2,4-5,7,9,14H2,1H3,(H,27,28,29)/t21-/m1/s1. The molecule has 6 nitrogen and oxygen atoms in total. The second-order valence-electron chi connectivity index (χ2n) is 7.85. The smallest absolute Gasteiger partial charge is 0.223 e. The molecule has 0 radical (unpaired) electrons. The summed E-state index contributed by atoms with van der Waals surface area (Å²) in [5.41, 5.74) is 2.59. The van der Waals surface area contributed by atoms with Crippen molar-refractivity contribution >= 4 is 17.5 Å². The first-order chi connectivity index (χ1) is 15.1. The number of pyridine rings is 1. The van der Waals surface area contributed by atoms with Gasteiger partial charge in [-0.1, -0.05) is 18.2 Å². The minimum absolute atomic E-state index is 0.0100. The fourth-order valence-corrected chi connectivity index (χ4v) is 4.02. The van der Waals surface area contributed by atoms with Crippen LogP contribution < -0.4 is 5.32 Å². The molecule has 1 N–H and O–H groups in total. The van der Waals surface area contributed by atoms with Crippen molar-refractivity contribution < 1.29 is 9.18 Å². The van der Waals surface area contributed by atoms with Gasteiger partial charge in [0, 0.05) is 25.4 Å². The van der Waals surface area contributed by atoms with E-state index in [0.29, 0.717) is 23.6 Å². The summed E-state index contributed by atoms with van der Waals surface area (Å²) in [5.74, 6) is 1.27. The van der Waals surface area contributed by atoms with Crippen molar-refractivity contribution in [3.8, 4) is 0 Å². The molecule has 1 aromatic carbocycles. The number of hydrogen-bond acceptors (Lipinski definition) is 5. The number of nitrogens with zero attached hydrogens (tertiary/aromatic N) is 4. The van der Waals surface area contributed by atoms with Crippen molar-refractivity contribution in [1.82, 2.24) is 19.9 Å². The lowest BCUT2D eigenvalue weighted by Gasteiger charge is -2.25. The van der Waals surface area contributed by atoms with Crippen molar-refractivity contribution in [3.63, 3.8) is 0 Å². The van der Waals surface area contributed by atoms with Crippen LogP contribution in [0, 0.1) is 12.7 Å². The van der Waals surface area contributed by atoms with Crippen molar-refractivity contribution in [1.29, 1.82) is 0 Å². The Bertz CT molecular complexity index is 1040. The van der Waals surface area contributed by atoms with E-state index in [-0.39, 0.29) is 17.8 Å². The second kappa shape index (κ2) is 9.64. The van der Waals surface area contributed by atoms with Crippen LogP contribution in [-0.4, -0.2) is 32.3 Å². The lowest BCUT2D eigenvalue weighted by Crippen LogP contribution is -2.30. The van der Waals surface area contributed by atoms with Crippen LogP contribution in [0.5, 0.6) is 0 Å². The highest BCUT2D eigenvalue weighted by Gasteiger charge is 2.30. The van der Waals surface area contributed by atoms with Gasteiger partial charge in [0.25, 0.3) is 0 Å². The topological polar surface area (TPSA) is 71.0 Å². The Kier molecular flexibility index (Phi) is 6.50. The van der Waals surface area contributed by atoms with Gasteiger partial charge in [-0.15, -0.1) is 0 Å². The summed E-state index contributed by atoms with van der Waals surface area (Å²) in [4.78, 5) is 27.9. The van der Waals surface area contributed by atoms with Crippen molar-refractivity contribution in [2.24, 2.45) is 0 Å². The van der Waals surface area contributed by atoms with Gasteiger partial charge in [-0.25, -0.2) is 14.4 Å². The molecule has 1 aliphatic rings. The number of aryl methyl sites for hydroxylation is 2. The average Bonchev–Trinajstić information content (AvgIpc) is 3.27. The largest absolute Gasteiger partial charge is 0.334 e. The maximum atomic E-state index is 13.4. The predicted molar refractivity (Wildman–Crippen MR) is 117 cm³/mol. The fourth-order valence-electron chi connectivity index (χ4n) is 4.02. The molecule has 2 aromatic heterocycles. The van der Waals surface area contributed by atoms with Gasteiger partial charge in [0.2, 0.25) is 5.91 Å². The first-order valence-corrected chi connectivity index (χ1v) is 10.6. The number of benzene rings is 1. The Morgan fingerprint density at radius 3 is 2.94 bits per heavy atom. The zero-order chi connectivity index (χ0) is 21.6. The van der Waals surface area contributed by atoms with Crippen molar-refractivity contribution in [2.45, 2.75) is 45.1 Å². The molecule has 0 bridgehead atoms. The first kappa shape index (κ1) is 20.9. The van der Waals surface area contributed by atoms with E-state index in [1.54, 1.807) is 31.6 Å². The van der Waals surface area contributed by atoms with Gasteiger partial charge in [-0.2, -0.15) is 0 Å². The molecule has 0 spiro atoms. The van der Waals surface area contributed by atoms with Gasteiger partial charge in [-0.3, -0.25) is 9.78 Å². The molecule has 1 fully saturated rings. The van der Waals surface area contributed by atoms with Gasteiger partial charge in [0.15, 0.2) is 0 Å². The highest BCUT2D eigenvalue weighted by molar-refractivity contribution is 5.77. The SMILES string of the molecule is Cc1cc(CCCC(=O)N2CCC[C@@H]2c2cccc(Nc3cnccn3)n2)ccc1F. The van der Waals surface area contributed by atoms with E-state index in [0.717, 1.165) is 43.5 Å². The lowest BCUT2D eigenvalue weighted by atomic mass is 10.0. The molecule has 1 amide bonds. The number of amides is 1. The molecular formula is C24H26FN5O. The van der Waals surface area contributed by atoms with Crippen LogP contribution in [0.2, 0.25) is 0 Å². The molecule has 1 saturated heterocycles. The molecule has 1 atom stereocenters. The van der Waals surface area contributed by atoms with Crippen LogP contribution >= 0.6 is 0 Å². The fraction of sp³-hybridized carbons (Fsp3) is 0.333. The molecule has 0 saturated carbocycles. The molecule has 1 aliphatic heterocycles. The quantitative estimate of drug-likeness (QED) is 0.598. The monoisotopic (exact) mass is 419 g/mol. The Morgan fingerprint density at radius 2 is 2.13 bits per heavy atom. The molecular weight excluding hydrogens is 393 g/mol. The number of halogens is 1. The average molecular weight is 420 g/mol. The zero-order valence-electron chi connectivity index (χ0n) is 17.6. The molecule has 4 rings (SSSR count). The van der Waals surface area contributed by atoms with E-state index in [4.69, 9.17) is 4.98 Å². The van der Waals surface area contributed by atoms with Crippen LogP contribution in [0.1, 0.15) is 48.5 Å². The summed E-state index contributed by atoms with van der Waals surface area (Å²) < 4.78 is 13.4. The summed E-state index contributed by atoms with van der Waals surface area (Å²) in [6.07, 6.45) is 8.75. The molecule has 0 unspecified atom stereocenters. The molecule has 31 heavy (non-hydrogen) atoms. The van der Waals surface area contributed by atoms with Crippen molar-refractivity contribution in [3.05, 3.63) is 77.6 Å². The molecule has 3 aromatic rings. The number of nitrogens with one attached hydrogen (secondary N) is 1. The molecule has 3 heterocycles. The number of likely N-dealkylation sites (tertiary alicyclic amines) is 1. The number of rotatable bonds is 7. The second-order valence-corrected chi connectivity index (χ2v) is 7.85. The van der Waals surface area contributed by atoms with Gasteiger partial charge in [0.05, 0.1) is 17.9 Å². The zero-order valence-corrected chi connectivity index (χ0v) is 17.6. The number of anilines is 2. The van der Waals surface area contributed by atoms with Gasteiger partial charge < -0.3 is 10.2 Å². The first-order valence-electron chi connectivity index (χ1n) is 10.6. The normalized spacial score (nSPS) is 15.8. The van der Waals surface area contributed by atoms with Gasteiger partial charge in [-0.05, 0) is 61.9 Å². The number of hydrogen-bond donors (Lipinski definition) is 1. The molecule has 7 heteroatoms. The minimum Gasteiger partial charge on any atom is -0.334 e. The van der Waals surface area contributed by atoms with E-state index in [2.05, 4.69) is 15.3 Å². The Balaban J connectivity index is 1.37. The Hall–Kier alpha value is -3.35. The number of carbonyl (C=O) groups is 1. The van der Waals surface area contributed by atoms with Crippen LogP contribution in [0.15, 0.2) is 55.0 Å². The van der Waals surface area contributed by atoms with E-state index in [9.17, 15) is 9.18 Å². The summed E-state index contributed by atoms with van der Waals surface area (Å²) in [6.45, 7) is 2.52. The summed E-state index contributed by atoms with van der Waals surface area (Å²) in [6, 6.07) is 10.9. The lowest BCUT2D eigenvalue weighted by molar-refractivity contribution is -0.132. The maximum Gasteiger partial charge on any atom is 0.223 e. The third kappa shape index (κ3) is 5.23. The van der Waals surface area contributed by atoms with E-state index in [1.165, 1.54) is 6.07 Å². The predicted octanol–water partition coefficient (Wildman–Crippen LogP) is 4.75.